The van der Waals surface area contributed by atoms with E-state index >= 15 is 0 Å². The van der Waals surface area contributed by atoms with Crippen LogP contribution in [0.25, 0.3) is 10.9 Å². The van der Waals surface area contributed by atoms with Crippen LogP contribution in [0, 0.1) is 17.7 Å². The van der Waals surface area contributed by atoms with Gasteiger partial charge in [0, 0.05) is 6.54 Å². The number of hydrogen-bond donors (Lipinski definition) is 0. The molecule has 4 heterocycles. The Morgan fingerprint density at radius 1 is 1.16 bits per heavy atom. The Morgan fingerprint density at radius 2 is 1.90 bits per heavy atom. The Morgan fingerprint density at radius 3 is 2.61 bits per heavy atom. The predicted molar refractivity (Wildman–Crippen MR) is 109 cm³/mol. The van der Waals surface area contributed by atoms with Crippen LogP contribution in [-0.2, 0) is 4.74 Å². The minimum Gasteiger partial charge on any atom is -0.487 e. The lowest BCUT2D eigenvalue weighted by Gasteiger charge is -2.46. The molecule has 0 N–H and O–H groups in total. The number of carbonyl (C=O) groups is 1. The minimum atomic E-state index is -1.12. The summed E-state index contributed by atoms with van der Waals surface area (Å²) in [5.41, 5.74) is -1.01. The standard InChI is InChI=1S/C20H20BrF3N4O3/c1-20(2,3)31-19(29)28-8-4-5-9(28)10-7-30-16-11-15(13(22)12(21)14(16)23)25-18(24)26-17(11)27(10)6-8/h8-10H,4-7H2,1-3H3/t8-,9+,10+/m0/s1. The number of halogens is 4. The van der Waals surface area contributed by atoms with Crippen molar-refractivity contribution in [2.75, 3.05) is 18.1 Å². The Kier molecular flexibility index (Phi) is 4.55. The lowest BCUT2D eigenvalue weighted by atomic mass is 10.0. The molecule has 3 aliphatic heterocycles. The van der Waals surface area contributed by atoms with Gasteiger partial charge < -0.3 is 14.4 Å². The number of rotatable bonds is 0. The largest absolute Gasteiger partial charge is 0.487 e. The second kappa shape index (κ2) is 6.85. The van der Waals surface area contributed by atoms with E-state index in [9.17, 15) is 18.0 Å². The fourth-order valence-electron chi connectivity index (χ4n) is 4.80. The molecule has 11 heteroatoms. The van der Waals surface area contributed by atoms with E-state index in [0.29, 0.717) is 13.0 Å². The van der Waals surface area contributed by atoms with E-state index in [1.807, 2.05) is 0 Å². The van der Waals surface area contributed by atoms with E-state index in [0.717, 1.165) is 6.42 Å². The second-order valence-electron chi connectivity index (χ2n) is 9.03. The first kappa shape index (κ1) is 20.6. The smallest absolute Gasteiger partial charge is 0.410 e. The van der Waals surface area contributed by atoms with Gasteiger partial charge in [0.25, 0.3) is 0 Å². The summed E-state index contributed by atoms with van der Waals surface area (Å²) in [5.74, 6) is -2.11. The summed E-state index contributed by atoms with van der Waals surface area (Å²) < 4.78 is 54.8. The lowest BCUT2D eigenvalue weighted by molar-refractivity contribution is 0.00537. The van der Waals surface area contributed by atoms with Crippen LogP contribution >= 0.6 is 15.9 Å². The zero-order chi connectivity index (χ0) is 22.2. The highest BCUT2D eigenvalue weighted by atomic mass is 79.9. The highest BCUT2D eigenvalue weighted by Gasteiger charge is 2.51. The van der Waals surface area contributed by atoms with Gasteiger partial charge in [0.1, 0.15) is 23.5 Å². The summed E-state index contributed by atoms with van der Waals surface area (Å²) >= 11 is 2.86. The van der Waals surface area contributed by atoms with Gasteiger partial charge in [-0.1, -0.05) is 0 Å². The van der Waals surface area contributed by atoms with Crippen LogP contribution in [0.5, 0.6) is 5.75 Å². The molecule has 5 rings (SSSR count). The topological polar surface area (TPSA) is 67.8 Å². The molecule has 3 atom stereocenters. The van der Waals surface area contributed by atoms with Gasteiger partial charge in [-0.05, 0) is 49.5 Å². The van der Waals surface area contributed by atoms with Crippen molar-refractivity contribution in [1.82, 2.24) is 14.9 Å². The van der Waals surface area contributed by atoms with E-state index in [1.165, 1.54) is 0 Å². The van der Waals surface area contributed by atoms with Crippen molar-refractivity contribution < 1.29 is 27.4 Å². The van der Waals surface area contributed by atoms with Crippen molar-refractivity contribution in [2.24, 2.45) is 0 Å². The summed E-state index contributed by atoms with van der Waals surface area (Å²) in [6.07, 6.45) is -0.139. The molecule has 0 saturated carbocycles. The van der Waals surface area contributed by atoms with Crippen LogP contribution in [0.2, 0.25) is 0 Å². The van der Waals surface area contributed by atoms with Crippen LogP contribution in [0.15, 0.2) is 4.47 Å². The fourth-order valence-corrected chi connectivity index (χ4v) is 5.16. The fraction of sp³-hybridized carbons (Fsp3) is 0.550. The van der Waals surface area contributed by atoms with Crippen LogP contribution in [0.1, 0.15) is 33.6 Å². The van der Waals surface area contributed by atoms with Crippen molar-refractivity contribution in [3.63, 3.8) is 0 Å². The van der Waals surface area contributed by atoms with Crippen molar-refractivity contribution in [2.45, 2.75) is 57.3 Å². The predicted octanol–water partition coefficient (Wildman–Crippen LogP) is 4.16. The first-order chi connectivity index (χ1) is 14.6. The molecule has 3 aliphatic rings. The normalized spacial score (nSPS) is 24.7. The molecule has 1 aromatic carbocycles. The molecule has 0 radical (unpaired) electrons. The van der Waals surface area contributed by atoms with Crippen LogP contribution in [0.3, 0.4) is 0 Å². The number of fused-ring (bicyclic) bond motifs is 5. The van der Waals surface area contributed by atoms with Crippen LogP contribution in [-0.4, -0.2) is 57.8 Å². The summed E-state index contributed by atoms with van der Waals surface area (Å²) in [6.45, 7) is 5.71. The van der Waals surface area contributed by atoms with E-state index in [2.05, 4.69) is 25.9 Å². The lowest BCUT2D eigenvalue weighted by Crippen LogP contribution is -2.63. The third-order valence-corrected chi connectivity index (χ3v) is 6.65. The summed E-state index contributed by atoms with van der Waals surface area (Å²) in [6, 6.07) is -0.930. The number of hydrogen-bond acceptors (Lipinski definition) is 6. The number of piperazine rings is 1. The van der Waals surface area contributed by atoms with Crippen LogP contribution in [0.4, 0.5) is 23.8 Å². The maximum Gasteiger partial charge on any atom is 0.410 e. The number of ether oxygens (including phenoxy) is 2. The molecule has 2 aromatic rings. The van der Waals surface area contributed by atoms with Gasteiger partial charge in [-0.2, -0.15) is 14.4 Å². The van der Waals surface area contributed by atoms with E-state index < -0.39 is 39.9 Å². The van der Waals surface area contributed by atoms with E-state index in [1.54, 1.807) is 30.6 Å². The monoisotopic (exact) mass is 500 g/mol. The van der Waals surface area contributed by atoms with Gasteiger partial charge in [0.05, 0.1) is 28.0 Å². The molecule has 31 heavy (non-hydrogen) atoms. The molecule has 0 unspecified atom stereocenters. The zero-order valence-corrected chi connectivity index (χ0v) is 18.7. The number of anilines is 1. The van der Waals surface area contributed by atoms with Crippen molar-refractivity contribution in [3.05, 3.63) is 22.2 Å². The van der Waals surface area contributed by atoms with Crippen molar-refractivity contribution in [3.8, 4) is 5.75 Å². The summed E-state index contributed by atoms with van der Waals surface area (Å²) in [4.78, 5) is 23.8. The Bertz CT molecular complexity index is 1110. The third kappa shape index (κ3) is 3.11. The van der Waals surface area contributed by atoms with E-state index in [-0.39, 0.29) is 41.2 Å². The second-order valence-corrected chi connectivity index (χ2v) is 9.82. The number of amides is 1. The summed E-state index contributed by atoms with van der Waals surface area (Å²) in [7, 11) is 0. The SMILES string of the molecule is CC(C)(C)OC(=O)N1[C@H]2CC[C@@H]1[C@H]1COc3c(F)c(Br)c(F)c4nc(F)nc(c34)N1C2. The van der Waals surface area contributed by atoms with Gasteiger partial charge in [0.15, 0.2) is 17.4 Å². The maximum atomic E-state index is 14.9. The third-order valence-electron chi connectivity index (χ3n) is 5.96. The Hall–Kier alpha value is -2.30. The van der Waals surface area contributed by atoms with Crippen LogP contribution < -0.4 is 9.64 Å². The average molecular weight is 501 g/mol. The molecule has 166 valence electrons. The average Bonchev–Trinajstić information content (AvgIpc) is 2.91. The van der Waals surface area contributed by atoms with E-state index in [4.69, 9.17) is 9.47 Å². The Labute approximate surface area is 184 Å². The minimum absolute atomic E-state index is 0.00721. The van der Waals surface area contributed by atoms with Gasteiger partial charge in [-0.15, -0.1) is 0 Å². The van der Waals surface area contributed by atoms with Gasteiger partial charge in [-0.3, -0.25) is 4.90 Å². The first-order valence-electron chi connectivity index (χ1n) is 10.0. The molecule has 7 nitrogen and oxygen atoms in total. The van der Waals surface area contributed by atoms with Gasteiger partial charge in [-0.25, -0.2) is 13.6 Å². The number of carbonyl (C=O) groups excluding carboxylic acids is 1. The Balaban J connectivity index is 1.62. The molecule has 2 bridgehead atoms. The van der Waals surface area contributed by atoms with Crippen molar-refractivity contribution >= 4 is 38.7 Å². The molecular formula is C20H20BrF3N4O3. The number of benzene rings is 1. The number of aromatic nitrogens is 2. The first-order valence-corrected chi connectivity index (χ1v) is 10.8. The summed E-state index contributed by atoms with van der Waals surface area (Å²) in [5, 5.41) is -0.00721. The molecule has 1 aromatic heterocycles. The van der Waals surface area contributed by atoms with Crippen molar-refractivity contribution in [1.29, 1.82) is 0 Å². The molecule has 0 spiro atoms. The molecule has 2 fully saturated rings. The van der Waals surface area contributed by atoms with Gasteiger partial charge in [0.2, 0.25) is 0 Å². The van der Waals surface area contributed by atoms with Gasteiger partial charge >= 0.3 is 12.2 Å². The number of nitrogens with zero attached hydrogens (tertiary/aromatic N) is 4. The highest BCUT2D eigenvalue weighted by molar-refractivity contribution is 9.10. The molecular weight excluding hydrogens is 481 g/mol. The maximum absolute atomic E-state index is 14.9. The molecule has 1 amide bonds. The highest BCUT2D eigenvalue weighted by Crippen LogP contribution is 2.46. The quantitative estimate of drug-likeness (QED) is 0.399. The molecule has 0 aliphatic carbocycles. The zero-order valence-electron chi connectivity index (χ0n) is 17.1. The molecule has 2 saturated heterocycles.